The summed E-state index contributed by atoms with van der Waals surface area (Å²) in [7, 11) is 0. The number of ether oxygens (including phenoxy) is 1. The van der Waals surface area contributed by atoms with Gasteiger partial charge in [0.2, 0.25) is 5.91 Å². The number of carbonyl (C=O) groups is 1. The molecule has 0 aliphatic carbocycles. The highest BCUT2D eigenvalue weighted by atomic mass is 35.5. The number of hydrogen-bond donors (Lipinski definition) is 2. The molecule has 0 spiro atoms. The highest BCUT2D eigenvalue weighted by Gasteiger charge is 2.28. The molecule has 1 fully saturated rings. The summed E-state index contributed by atoms with van der Waals surface area (Å²) in [6.07, 6.45) is 2.15. The van der Waals surface area contributed by atoms with Crippen LogP contribution in [0.5, 0.6) is 0 Å². The van der Waals surface area contributed by atoms with Gasteiger partial charge in [0.1, 0.15) is 0 Å². The van der Waals surface area contributed by atoms with Crippen molar-refractivity contribution in [2.45, 2.75) is 44.9 Å². The van der Waals surface area contributed by atoms with Gasteiger partial charge < -0.3 is 15.8 Å². The Morgan fingerprint density at radius 3 is 2.72 bits per heavy atom. The molecule has 0 bridgehead atoms. The number of benzene rings is 1. The summed E-state index contributed by atoms with van der Waals surface area (Å²) < 4.78 is 5.92. The van der Waals surface area contributed by atoms with Gasteiger partial charge in [-0.1, -0.05) is 37.3 Å². The van der Waals surface area contributed by atoms with Crippen LogP contribution in [-0.2, 0) is 16.1 Å². The Morgan fingerprint density at radius 2 is 2.08 bits per heavy atom. The fraction of sp³-hybridized carbons (Fsp3) is 0.611. The summed E-state index contributed by atoms with van der Waals surface area (Å²) in [6.45, 7) is 6.07. The second-order valence-corrected chi connectivity index (χ2v) is 6.10. The Hall–Kier alpha value is -0.850. The minimum Gasteiger partial charge on any atom is -0.373 e. The lowest BCUT2D eigenvalue weighted by atomic mass is 10.1. The molecule has 0 aromatic heterocycles. The SMILES string of the molecule is CCC(NC(=O)CCCN)C1CN(Cc2ccccc2)CCO1.Cl.Cl. The number of nitrogens with two attached hydrogens (primary N) is 1. The van der Waals surface area contributed by atoms with Gasteiger partial charge in [-0.05, 0) is 24.9 Å². The predicted octanol–water partition coefficient (Wildman–Crippen LogP) is 2.36. The Kier molecular flexibility index (Phi) is 12.9. The predicted molar refractivity (Wildman–Crippen MR) is 106 cm³/mol. The lowest BCUT2D eigenvalue weighted by molar-refractivity contribution is -0.124. The lowest BCUT2D eigenvalue weighted by Crippen LogP contribution is -2.53. The van der Waals surface area contributed by atoms with Gasteiger partial charge in [0.25, 0.3) is 0 Å². The number of hydrogen-bond acceptors (Lipinski definition) is 4. The van der Waals surface area contributed by atoms with E-state index in [0.717, 1.165) is 32.5 Å². The van der Waals surface area contributed by atoms with Gasteiger partial charge >= 0.3 is 0 Å². The molecule has 1 aromatic carbocycles. The fourth-order valence-electron chi connectivity index (χ4n) is 2.96. The lowest BCUT2D eigenvalue weighted by Gasteiger charge is -2.37. The molecule has 0 radical (unpaired) electrons. The molecule has 1 heterocycles. The third-order valence-corrected chi connectivity index (χ3v) is 4.27. The van der Waals surface area contributed by atoms with Crippen molar-refractivity contribution in [2.24, 2.45) is 5.73 Å². The smallest absolute Gasteiger partial charge is 0.220 e. The molecule has 5 nitrogen and oxygen atoms in total. The van der Waals surface area contributed by atoms with E-state index in [1.165, 1.54) is 5.56 Å². The zero-order chi connectivity index (χ0) is 16.5. The van der Waals surface area contributed by atoms with Crippen LogP contribution in [-0.4, -0.2) is 49.2 Å². The molecule has 25 heavy (non-hydrogen) atoms. The van der Waals surface area contributed by atoms with E-state index in [9.17, 15) is 4.79 Å². The maximum atomic E-state index is 12.0. The first-order chi connectivity index (χ1) is 11.2. The van der Waals surface area contributed by atoms with E-state index in [-0.39, 0.29) is 42.9 Å². The largest absolute Gasteiger partial charge is 0.373 e. The summed E-state index contributed by atoms with van der Waals surface area (Å²) >= 11 is 0. The zero-order valence-corrected chi connectivity index (χ0v) is 16.5. The number of rotatable bonds is 8. The Balaban J connectivity index is 0.00000288. The molecule has 1 saturated heterocycles. The molecule has 0 saturated carbocycles. The van der Waals surface area contributed by atoms with Crippen LogP contribution in [0.15, 0.2) is 30.3 Å². The molecular formula is C18H31Cl2N3O2. The minimum atomic E-state index is 0. The number of nitrogens with one attached hydrogen (secondary N) is 1. The van der Waals surface area contributed by atoms with Crippen molar-refractivity contribution in [3.63, 3.8) is 0 Å². The fourth-order valence-corrected chi connectivity index (χ4v) is 2.96. The number of carbonyl (C=O) groups excluding carboxylic acids is 1. The number of morpholine rings is 1. The van der Waals surface area contributed by atoms with Crippen LogP contribution in [0.3, 0.4) is 0 Å². The van der Waals surface area contributed by atoms with Crippen LogP contribution < -0.4 is 11.1 Å². The first-order valence-corrected chi connectivity index (χ1v) is 8.60. The average molecular weight is 392 g/mol. The van der Waals surface area contributed by atoms with Crippen molar-refractivity contribution in [1.29, 1.82) is 0 Å². The second-order valence-electron chi connectivity index (χ2n) is 6.10. The molecule has 7 heteroatoms. The van der Waals surface area contributed by atoms with E-state index in [0.29, 0.717) is 19.6 Å². The maximum Gasteiger partial charge on any atom is 0.220 e. The van der Waals surface area contributed by atoms with Crippen LogP contribution in [0.25, 0.3) is 0 Å². The Bertz CT molecular complexity index is 477. The molecule has 2 unspecified atom stereocenters. The van der Waals surface area contributed by atoms with Crippen molar-refractivity contribution in [2.75, 3.05) is 26.2 Å². The normalized spacial score (nSPS) is 18.6. The highest BCUT2D eigenvalue weighted by Crippen LogP contribution is 2.14. The van der Waals surface area contributed by atoms with Gasteiger partial charge in [0.05, 0.1) is 18.8 Å². The maximum absolute atomic E-state index is 12.0. The number of halogens is 2. The van der Waals surface area contributed by atoms with E-state index in [1.807, 2.05) is 6.07 Å². The van der Waals surface area contributed by atoms with Crippen molar-refractivity contribution in [3.05, 3.63) is 35.9 Å². The van der Waals surface area contributed by atoms with E-state index >= 15 is 0 Å². The Morgan fingerprint density at radius 1 is 1.36 bits per heavy atom. The van der Waals surface area contributed by atoms with E-state index in [2.05, 4.69) is 41.4 Å². The summed E-state index contributed by atoms with van der Waals surface area (Å²) in [4.78, 5) is 14.4. The van der Waals surface area contributed by atoms with Crippen molar-refractivity contribution in [3.8, 4) is 0 Å². The Labute approximate surface area is 163 Å². The van der Waals surface area contributed by atoms with Crippen molar-refractivity contribution < 1.29 is 9.53 Å². The van der Waals surface area contributed by atoms with E-state index in [1.54, 1.807) is 0 Å². The molecule has 2 rings (SSSR count). The second kappa shape index (κ2) is 13.4. The molecule has 3 N–H and O–H groups in total. The third-order valence-electron chi connectivity index (χ3n) is 4.27. The molecule has 1 amide bonds. The van der Waals surface area contributed by atoms with Gasteiger partial charge in [-0.15, -0.1) is 24.8 Å². The summed E-state index contributed by atoms with van der Waals surface area (Å²) in [5, 5.41) is 3.11. The summed E-state index contributed by atoms with van der Waals surface area (Å²) in [5.41, 5.74) is 6.78. The van der Waals surface area contributed by atoms with Crippen molar-refractivity contribution in [1.82, 2.24) is 10.2 Å². The molecule has 1 aromatic rings. The summed E-state index contributed by atoms with van der Waals surface area (Å²) in [6, 6.07) is 10.5. The van der Waals surface area contributed by atoms with Crippen LogP contribution >= 0.6 is 24.8 Å². The van der Waals surface area contributed by atoms with E-state index < -0.39 is 0 Å². The standard InChI is InChI=1S/C18H29N3O2.2ClH/c1-2-16(20-18(22)9-6-10-19)17-14-21(11-12-23-17)13-15-7-4-3-5-8-15;;/h3-5,7-8,16-17H,2,6,9-14,19H2,1H3,(H,20,22);2*1H. The topological polar surface area (TPSA) is 67.6 Å². The monoisotopic (exact) mass is 391 g/mol. The molecular weight excluding hydrogens is 361 g/mol. The van der Waals surface area contributed by atoms with Crippen LogP contribution in [0.2, 0.25) is 0 Å². The van der Waals surface area contributed by atoms with Crippen molar-refractivity contribution >= 4 is 30.7 Å². The molecule has 1 aliphatic rings. The average Bonchev–Trinajstić information content (AvgIpc) is 2.59. The van der Waals surface area contributed by atoms with Gasteiger partial charge in [0, 0.05) is 26.1 Å². The zero-order valence-electron chi connectivity index (χ0n) is 14.9. The van der Waals surface area contributed by atoms with Gasteiger partial charge in [-0.2, -0.15) is 0 Å². The quantitative estimate of drug-likeness (QED) is 0.713. The highest BCUT2D eigenvalue weighted by molar-refractivity contribution is 5.85. The van der Waals surface area contributed by atoms with E-state index in [4.69, 9.17) is 10.5 Å². The minimum absolute atomic E-state index is 0. The van der Waals surface area contributed by atoms with Crippen LogP contribution in [0.4, 0.5) is 0 Å². The molecule has 2 atom stereocenters. The first kappa shape index (κ1) is 24.1. The van der Waals surface area contributed by atoms with Gasteiger partial charge in [-0.3, -0.25) is 9.69 Å². The number of nitrogens with zero attached hydrogens (tertiary/aromatic N) is 1. The molecule has 144 valence electrons. The molecule has 1 aliphatic heterocycles. The first-order valence-electron chi connectivity index (χ1n) is 8.60. The number of amides is 1. The van der Waals surface area contributed by atoms with Gasteiger partial charge in [0.15, 0.2) is 0 Å². The van der Waals surface area contributed by atoms with Crippen LogP contribution in [0.1, 0.15) is 31.7 Å². The van der Waals surface area contributed by atoms with Crippen LogP contribution in [0, 0.1) is 0 Å². The summed E-state index contributed by atoms with van der Waals surface area (Å²) in [5.74, 6) is 0.0751. The third kappa shape index (κ3) is 8.38. The van der Waals surface area contributed by atoms with Gasteiger partial charge in [-0.25, -0.2) is 0 Å².